The quantitative estimate of drug-likeness (QED) is 0.744. The molecule has 1 N–H and O–H groups in total. The van der Waals surface area contributed by atoms with Crippen molar-refractivity contribution < 1.29 is 4.79 Å². The number of hydrogen-bond donors (Lipinski definition) is 1. The number of halogens is 1. The molecule has 1 aromatic carbocycles. The minimum absolute atomic E-state index is 0.0382. The van der Waals surface area contributed by atoms with E-state index in [-0.39, 0.29) is 16.3 Å². The first-order chi connectivity index (χ1) is 11.4. The zero-order chi connectivity index (χ0) is 17.4. The molecule has 0 aliphatic rings. The molecule has 122 valence electrons. The van der Waals surface area contributed by atoms with Crippen molar-refractivity contribution >= 4 is 28.7 Å². The summed E-state index contributed by atoms with van der Waals surface area (Å²) >= 11 is 6.17. The Morgan fingerprint density at radius 3 is 2.46 bits per heavy atom. The van der Waals surface area contributed by atoms with E-state index in [1.165, 1.54) is 14.0 Å². The van der Waals surface area contributed by atoms with Gasteiger partial charge in [0.25, 0.3) is 0 Å². The van der Waals surface area contributed by atoms with Crippen LogP contribution in [0.5, 0.6) is 0 Å². The number of aromatic nitrogens is 4. The van der Waals surface area contributed by atoms with E-state index in [4.69, 9.17) is 11.6 Å². The highest BCUT2D eigenvalue weighted by molar-refractivity contribution is 6.32. The van der Waals surface area contributed by atoms with Crippen LogP contribution in [0.4, 0.5) is 0 Å². The van der Waals surface area contributed by atoms with Crippen LogP contribution >= 0.6 is 11.6 Å². The molecule has 0 fully saturated rings. The zero-order valence-corrected chi connectivity index (χ0v) is 13.5. The molecule has 0 aliphatic carbocycles. The Labute approximate surface area is 140 Å². The number of rotatable bonds is 2. The van der Waals surface area contributed by atoms with Crippen LogP contribution in [0.15, 0.2) is 39.9 Å². The van der Waals surface area contributed by atoms with Gasteiger partial charge < -0.3 is 0 Å². The van der Waals surface area contributed by atoms with Gasteiger partial charge in [-0.1, -0.05) is 41.9 Å². The summed E-state index contributed by atoms with van der Waals surface area (Å²) in [6, 6.07) is 8.98. The molecule has 0 bridgehead atoms. The Balaban J connectivity index is 2.39. The Bertz CT molecular complexity index is 1070. The van der Waals surface area contributed by atoms with Crippen molar-refractivity contribution in [3.8, 4) is 11.3 Å². The SMILES string of the molecule is CC(=O)Nn1c(=O)c2nc(-c3ccccc3)c(Cl)nc2n(C)c1=O. The third kappa shape index (κ3) is 2.56. The predicted molar refractivity (Wildman–Crippen MR) is 89.5 cm³/mol. The lowest BCUT2D eigenvalue weighted by Gasteiger charge is -2.11. The van der Waals surface area contributed by atoms with Crippen LogP contribution in [0.2, 0.25) is 5.15 Å². The lowest BCUT2D eigenvalue weighted by atomic mass is 10.1. The molecule has 2 heterocycles. The number of amides is 1. The van der Waals surface area contributed by atoms with E-state index < -0.39 is 17.2 Å². The second-order valence-electron chi connectivity index (χ2n) is 5.05. The van der Waals surface area contributed by atoms with Gasteiger partial charge in [-0.25, -0.2) is 14.8 Å². The summed E-state index contributed by atoms with van der Waals surface area (Å²) in [5, 5.41) is 0.0698. The van der Waals surface area contributed by atoms with E-state index in [0.717, 1.165) is 4.57 Å². The summed E-state index contributed by atoms with van der Waals surface area (Å²) in [6.45, 7) is 1.19. The van der Waals surface area contributed by atoms with Crippen LogP contribution in [-0.2, 0) is 11.8 Å². The first kappa shape index (κ1) is 15.9. The fourth-order valence-electron chi connectivity index (χ4n) is 2.25. The lowest BCUT2D eigenvalue weighted by molar-refractivity contribution is -0.115. The molecule has 0 saturated carbocycles. The van der Waals surface area contributed by atoms with Crippen molar-refractivity contribution in [1.82, 2.24) is 19.2 Å². The molecular weight excluding hydrogens is 334 g/mol. The van der Waals surface area contributed by atoms with Crippen molar-refractivity contribution in [1.29, 1.82) is 0 Å². The van der Waals surface area contributed by atoms with Crippen LogP contribution in [-0.4, -0.2) is 25.1 Å². The van der Waals surface area contributed by atoms with Crippen molar-refractivity contribution in [3.05, 3.63) is 56.3 Å². The number of nitrogens with zero attached hydrogens (tertiary/aromatic N) is 4. The van der Waals surface area contributed by atoms with Gasteiger partial charge >= 0.3 is 11.2 Å². The molecule has 2 aromatic heterocycles. The Hall–Kier alpha value is -3.00. The summed E-state index contributed by atoms with van der Waals surface area (Å²) in [7, 11) is 1.41. The normalized spacial score (nSPS) is 10.8. The minimum Gasteiger partial charge on any atom is -0.278 e. The third-order valence-corrected chi connectivity index (χ3v) is 3.62. The molecule has 8 nitrogen and oxygen atoms in total. The summed E-state index contributed by atoms with van der Waals surface area (Å²) < 4.78 is 1.70. The number of carbonyl (C=O) groups excluding carboxylic acids is 1. The van der Waals surface area contributed by atoms with Gasteiger partial charge in [0.05, 0.1) is 0 Å². The number of carbonyl (C=O) groups is 1. The maximum Gasteiger partial charge on any atom is 0.351 e. The number of hydrogen-bond acceptors (Lipinski definition) is 5. The van der Waals surface area contributed by atoms with Gasteiger partial charge in [0.1, 0.15) is 5.69 Å². The van der Waals surface area contributed by atoms with Gasteiger partial charge in [0, 0.05) is 19.5 Å². The zero-order valence-electron chi connectivity index (χ0n) is 12.8. The molecule has 0 spiro atoms. The van der Waals surface area contributed by atoms with Crippen LogP contribution in [0.3, 0.4) is 0 Å². The highest BCUT2D eigenvalue weighted by Crippen LogP contribution is 2.25. The third-order valence-electron chi connectivity index (χ3n) is 3.35. The summed E-state index contributed by atoms with van der Waals surface area (Å²) in [6.07, 6.45) is 0. The summed E-state index contributed by atoms with van der Waals surface area (Å²) in [5.41, 5.74) is 1.61. The molecular formula is C15H12ClN5O3. The molecule has 1 amide bonds. The monoisotopic (exact) mass is 345 g/mol. The average molecular weight is 346 g/mol. The standard InChI is InChI=1S/C15H12ClN5O3/c1-8(22)19-21-14(23)11-13(20(2)15(21)24)18-12(16)10(17-11)9-6-4-3-5-7-9/h3-7H,1-2H3,(H,19,22). The van der Waals surface area contributed by atoms with Crippen molar-refractivity contribution in [3.63, 3.8) is 0 Å². The van der Waals surface area contributed by atoms with E-state index >= 15 is 0 Å². The Morgan fingerprint density at radius 1 is 1.17 bits per heavy atom. The molecule has 9 heteroatoms. The van der Waals surface area contributed by atoms with E-state index in [1.807, 2.05) is 6.07 Å². The second kappa shape index (κ2) is 5.89. The molecule has 0 radical (unpaired) electrons. The van der Waals surface area contributed by atoms with E-state index in [1.54, 1.807) is 24.3 Å². The van der Waals surface area contributed by atoms with Gasteiger partial charge in [-0.3, -0.25) is 19.6 Å². The molecule has 0 atom stereocenters. The fraction of sp³-hybridized carbons (Fsp3) is 0.133. The van der Waals surface area contributed by atoms with Crippen molar-refractivity contribution in [2.45, 2.75) is 6.92 Å². The Kier molecular flexibility index (Phi) is 3.90. The number of nitrogens with one attached hydrogen (secondary N) is 1. The van der Waals surface area contributed by atoms with E-state index in [2.05, 4.69) is 15.4 Å². The van der Waals surface area contributed by atoms with Gasteiger partial charge in [-0.05, 0) is 0 Å². The maximum atomic E-state index is 12.5. The predicted octanol–water partition coefficient (Wildman–Crippen LogP) is 0.901. The van der Waals surface area contributed by atoms with Crippen molar-refractivity contribution in [2.24, 2.45) is 7.05 Å². The highest BCUT2D eigenvalue weighted by Gasteiger charge is 2.18. The van der Waals surface area contributed by atoms with Crippen LogP contribution < -0.4 is 16.7 Å². The molecule has 0 aliphatic heterocycles. The van der Waals surface area contributed by atoms with Crippen molar-refractivity contribution in [2.75, 3.05) is 5.43 Å². The van der Waals surface area contributed by atoms with Crippen LogP contribution in [0, 0.1) is 0 Å². The molecule has 3 rings (SSSR count). The van der Waals surface area contributed by atoms with Gasteiger partial charge in [-0.15, -0.1) is 0 Å². The lowest BCUT2D eigenvalue weighted by Crippen LogP contribution is -2.46. The van der Waals surface area contributed by atoms with Gasteiger partial charge in [0.15, 0.2) is 16.3 Å². The van der Waals surface area contributed by atoms with Gasteiger partial charge in [0.2, 0.25) is 5.91 Å². The fourth-order valence-corrected chi connectivity index (χ4v) is 2.48. The van der Waals surface area contributed by atoms with Crippen LogP contribution in [0.25, 0.3) is 22.4 Å². The average Bonchev–Trinajstić information content (AvgIpc) is 2.57. The topological polar surface area (TPSA) is 98.9 Å². The summed E-state index contributed by atoms with van der Waals surface area (Å²) in [5.74, 6) is -0.557. The van der Waals surface area contributed by atoms with Crippen LogP contribution in [0.1, 0.15) is 6.92 Å². The highest BCUT2D eigenvalue weighted by atomic mass is 35.5. The summed E-state index contributed by atoms with van der Waals surface area (Å²) in [4.78, 5) is 44.4. The molecule has 3 aromatic rings. The number of fused-ring (bicyclic) bond motifs is 1. The molecule has 24 heavy (non-hydrogen) atoms. The minimum atomic E-state index is -0.773. The maximum absolute atomic E-state index is 12.5. The second-order valence-corrected chi connectivity index (χ2v) is 5.41. The van der Waals surface area contributed by atoms with E-state index in [0.29, 0.717) is 15.9 Å². The Morgan fingerprint density at radius 2 is 1.83 bits per heavy atom. The first-order valence-electron chi connectivity index (χ1n) is 6.92. The van der Waals surface area contributed by atoms with Gasteiger partial charge in [-0.2, -0.15) is 4.68 Å². The smallest absolute Gasteiger partial charge is 0.278 e. The van der Waals surface area contributed by atoms with E-state index in [9.17, 15) is 14.4 Å². The number of aryl methyl sites for hydroxylation is 1. The first-order valence-corrected chi connectivity index (χ1v) is 7.30. The molecule has 0 unspecified atom stereocenters. The number of benzene rings is 1. The largest absolute Gasteiger partial charge is 0.351 e. The molecule has 0 saturated heterocycles.